The Morgan fingerprint density at radius 3 is 2.41 bits per heavy atom. The molecule has 1 heterocycles. The van der Waals surface area contributed by atoms with Crippen molar-refractivity contribution in [2.75, 3.05) is 5.32 Å². The number of rotatable bonds is 1. The summed E-state index contributed by atoms with van der Waals surface area (Å²) in [5.74, 6) is 0.0665. The molecule has 0 saturated carbocycles. The molecule has 0 aliphatic carbocycles. The van der Waals surface area contributed by atoms with Gasteiger partial charge in [-0.3, -0.25) is 4.79 Å². The van der Waals surface area contributed by atoms with Gasteiger partial charge in [-0.25, -0.2) is 0 Å². The van der Waals surface area contributed by atoms with Crippen molar-refractivity contribution in [2.45, 2.75) is 46.1 Å². The van der Waals surface area contributed by atoms with Gasteiger partial charge in [0, 0.05) is 11.7 Å². The summed E-state index contributed by atoms with van der Waals surface area (Å²) in [5.41, 5.74) is 11.0. The van der Waals surface area contributed by atoms with Gasteiger partial charge in [0.15, 0.2) is 0 Å². The lowest BCUT2D eigenvalue weighted by atomic mass is 9.82. The normalized spacial score (nSPS) is 18.8. The van der Waals surface area contributed by atoms with Gasteiger partial charge < -0.3 is 11.1 Å². The fourth-order valence-electron chi connectivity index (χ4n) is 2.46. The molecule has 1 aliphatic heterocycles. The maximum Gasteiger partial charge on any atom is 0.234 e. The molecule has 0 aromatic heterocycles. The maximum absolute atomic E-state index is 12.0. The van der Waals surface area contributed by atoms with Gasteiger partial charge in [-0.2, -0.15) is 0 Å². The molecule has 0 spiro atoms. The zero-order valence-electron chi connectivity index (χ0n) is 11.1. The SMILES string of the molecule is Cc1c(C(C)N)cc2c(c1C)NC(=O)C2(C)C. The minimum Gasteiger partial charge on any atom is -0.325 e. The second kappa shape index (κ2) is 3.57. The average molecular weight is 232 g/mol. The molecule has 0 bridgehead atoms. The van der Waals surface area contributed by atoms with Gasteiger partial charge >= 0.3 is 0 Å². The van der Waals surface area contributed by atoms with Crippen LogP contribution in [-0.4, -0.2) is 5.91 Å². The third-order valence-corrected chi connectivity index (χ3v) is 3.91. The van der Waals surface area contributed by atoms with Crippen LogP contribution in [-0.2, 0) is 10.2 Å². The van der Waals surface area contributed by atoms with E-state index in [1.54, 1.807) is 0 Å². The van der Waals surface area contributed by atoms with E-state index >= 15 is 0 Å². The summed E-state index contributed by atoms with van der Waals surface area (Å²) in [6.07, 6.45) is 0. The van der Waals surface area contributed by atoms with Crippen molar-refractivity contribution in [1.29, 1.82) is 0 Å². The van der Waals surface area contributed by atoms with Crippen LogP contribution >= 0.6 is 0 Å². The van der Waals surface area contributed by atoms with Gasteiger partial charge in [-0.15, -0.1) is 0 Å². The van der Waals surface area contributed by atoms with E-state index in [-0.39, 0.29) is 11.9 Å². The number of carbonyl (C=O) groups is 1. The summed E-state index contributed by atoms with van der Waals surface area (Å²) < 4.78 is 0. The Balaban J connectivity index is 2.74. The van der Waals surface area contributed by atoms with Crippen molar-refractivity contribution >= 4 is 11.6 Å². The molecule has 3 N–H and O–H groups in total. The maximum atomic E-state index is 12.0. The molecule has 1 aromatic carbocycles. The molecular formula is C14H20N2O. The first-order valence-corrected chi connectivity index (χ1v) is 5.98. The molecule has 0 fully saturated rings. The van der Waals surface area contributed by atoms with Crippen LogP contribution in [0.2, 0.25) is 0 Å². The summed E-state index contributed by atoms with van der Waals surface area (Å²) >= 11 is 0. The topological polar surface area (TPSA) is 55.1 Å². The summed E-state index contributed by atoms with van der Waals surface area (Å²) in [5, 5.41) is 2.98. The van der Waals surface area contributed by atoms with Crippen LogP contribution in [0.4, 0.5) is 5.69 Å². The molecule has 3 heteroatoms. The Labute approximate surface area is 102 Å². The number of hydrogen-bond acceptors (Lipinski definition) is 2. The van der Waals surface area contributed by atoms with E-state index in [1.807, 2.05) is 27.7 Å². The number of nitrogens with two attached hydrogens (primary N) is 1. The van der Waals surface area contributed by atoms with Gasteiger partial charge in [-0.05, 0) is 56.9 Å². The van der Waals surface area contributed by atoms with Crippen LogP contribution in [0.1, 0.15) is 49.1 Å². The number of carbonyl (C=O) groups excluding carboxylic acids is 1. The first-order valence-electron chi connectivity index (χ1n) is 5.98. The van der Waals surface area contributed by atoms with Gasteiger partial charge in [0.05, 0.1) is 5.41 Å². The fraction of sp³-hybridized carbons (Fsp3) is 0.500. The van der Waals surface area contributed by atoms with E-state index in [2.05, 4.69) is 18.3 Å². The minimum atomic E-state index is -0.461. The fourth-order valence-corrected chi connectivity index (χ4v) is 2.46. The zero-order chi connectivity index (χ0) is 13.0. The average Bonchev–Trinajstić information content (AvgIpc) is 2.45. The van der Waals surface area contributed by atoms with E-state index < -0.39 is 5.41 Å². The molecule has 1 unspecified atom stereocenters. The lowest BCUT2D eigenvalue weighted by molar-refractivity contribution is -0.119. The second-order valence-corrected chi connectivity index (χ2v) is 5.51. The Morgan fingerprint density at radius 1 is 1.29 bits per heavy atom. The van der Waals surface area contributed by atoms with Crippen LogP contribution in [0.15, 0.2) is 6.07 Å². The summed E-state index contributed by atoms with van der Waals surface area (Å²) in [6.45, 7) is 9.99. The minimum absolute atomic E-state index is 0.00879. The largest absolute Gasteiger partial charge is 0.325 e. The first-order chi connectivity index (χ1) is 7.76. The first kappa shape index (κ1) is 12.1. The van der Waals surface area contributed by atoms with E-state index in [0.717, 1.165) is 22.4 Å². The van der Waals surface area contributed by atoms with E-state index in [1.165, 1.54) is 5.56 Å². The van der Waals surface area contributed by atoms with Gasteiger partial charge in [0.25, 0.3) is 0 Å². The monoisotopic (exact) mass is 232 g/mol. The molecule has 92 valence electrons. The highest BCUT2D eigenvalue weighted by molar-refractivity contribution is 6.06. The van der Waals surface area contributed by atoms with Crippen molar-refractivity contribution in [3.8, 4) is 0 Å². The third-order valence-electron chi connectivity index (χ3n) is 3.91. The predicted octanol–water partition coefficient (Wildman–Crippen LogP) is 2.55. The van der Waals surface area contributed by atoms with E-state index in [9.17, 15) is 4.79 Å². The number of benzene rings is 1. The van der Waals surface area contributed by atoms with Crippen molar-refractivity contribution in [2.24, 2.45) is 5.73 Å². The zero-order valence-corrected chi connectivity index (χ0v) is 11.1. The number of fused-ring (bicyclic) bond motifs is 1. The second-order valence-electron chi connectivity index (χ2n) is 5.51. The molecule has 0 radical (unpaired) electrons. The molecule has 2 rings (SSSR count). The Morgan fingerprint density at radius 2 is 1.88 bits per heavy atom. The third kappa shape index (κ3) is 1.57. The van der Waals surface area contributed by atoms with Crippen LogP contribution in [0, 0.1) is 13.8 Å². The van der Waals surface area contributed by atoms with Crippen LogP contribution in [0.3, 0.4) is 0 Å². The number of amides is 1. The Kier molecular flexibility index (Phi) is 2.54. The standard InChI is InChI=1S/C14H20N2O/c1-7-8(2)12-11(6-10(7)9(3)15)14(4,5)13(17)16-12/h6,9H,15H2,1-5H3,(H,16,17). The van der Waals surface area contributed by atoms with E-state index in [0.29, 0.717) is 0 Å². The number of nitrogens with one attached hydrogen (secondary N) is 1. The Bertz CT molecular complexity index is 501. The molecule has 17 heavy (non-hydrogen) atoms. The highest BCUT2D eigenvalue weighted by Crippen LogP contribution is 2.42. The molecule has 3 nitrogen and oxygen atoms in total. The highest BCUT2D eigenvalue weighted by atomic mass is 16.2. The highest BCUT2D eigenvalue weighted by Gasteiger charge is 2.39. The Hall–Kier alpha value is -1.35. The summed E-state index contributed by atoms with van der Waals surface area (Å²) in [7, 11) is 0. The summed E-state index contributed by atoms with van der Waals surface area (Å²) in [4.78, 5) is 12.0. The van der Waals surface area contributed by atoms with Crippen molar-refractivity contribution in [1.82, 2.24) is 0 Å². The van der Waals surface area contributed by atoms with Crippen LogP contribution in [0.25, 0.3) is 0 Å². The number of anilines is 1. The van der Waals surface area contributed by atoms with Crippen molar-refractivity contribution in [3.05, 3.63) is 28.3 Å². The molecule has 1 aromatic rings. The molecule has 1 amide bonds. The van der Waals surface area contributed by atoms with Crippen molar-refractivity contribution < 1.29 is 4.79 Å². The van der Waals surface area contributed by atoms with E-state index in [4.69, 9.17) is 5.73 Å². The van der Waals surface area contributed by atoms with Crippen LogP contribution < -0.4 is 11.1 Å². The molecule has 1 atom stereocenters. The van der Waals surface area contributed by atoms with Gasteiger partial charge in [-0.1, -0.05) is 6.07 Å². The summed E-state index contributed by atoms with van der Waals surface area (Å²) in [6, 6.07) is 2.07. The molecular weight excluding hydrogens is 212 g/mol. The smallest absolute Gasteiger partial charge is 0.234 e. The lowest BCUT2D eigenvalue weighted by Gasteiger charge is -2.20. The molecule has 0 saturated heterocycles. The predicted molar refractivity (Wildman–Crippen MR) is 70.2 cm³/mol. The van der Waals surface area contributed by atoms with Gasteiger partial charge in [0.2, 0.25) is 5.91 Å². The molecule has 1 aliphatic rings. The van der Waals surface area contributed by atoms with Crippen molar-refractivity contribution in [3.63, 3.8) is 0 Å². The van der Waals surface area contributed by atoms with Gasteiger partial charge in [0.1, 0.15) is 0 Å². The van der Waals surface area contributed by atoms with Crippen LogP contribution in [0.5, 0.6) is 0 Å². The quantitative estimate of drug-likeness (QED) is 0.781. The lowest BCUT2D eigenvalue weighted by Crippen LogP contribution is -2.27. The number of hydrogen-bond donors (Lipinski definition) is 2.